The topological polar surface area (TPSA) is 50.2 Å². The molecule has 3 nitrogen and oxygen atoms in total. The van der Waals surface area contributed by atoms with Crippen LogP contribution in [0.4, 0.5) is 0 Å². The molecule has 1 aromatic carbocycles. The molecule has 0 aliphatic carbocycles. The minimum Gasteiger partial charge on any atom is -0.478 e. The normalized spacial score (nSPS) is 11.3. The molecule has 0 atom stereocenters. The lowest BCUT2D eigenvalue weighted by atomic mass is 9.82. The number of carbonyl (C=O) groups is 1. The van der Waals surface area contributed by atoms with Gasteiger partial charge in [-0.25, -0.2) is 4.79 Å². The van der Waals surface area contributed by atoms with E-state index in [1.165, 1.54) is 11.8 Å². The molecule has 1 aromatic heterocycles. The molecule has 104 valence electrons. The van der Waals surface area contributed by atoms with Gasteiger partial charge in [0.15, 0.2) is 0 Å². The Morgan fingerprint density at radius 2 is 1.80 bits per heavy atom. The first-order chi connectivity index (χ1) is 9.44. The summed E-state index contributed by atoms with van der Waals surface area (Å²) in [4.78, 5) is 15.0. The maximum Gasteiger partial charge on any atom is 0.337 e. The van der Waals surface area contributed by atoms with Crippen molar-refractivity contribution in [3.8, 4) is 11.1 Å². The first-order valence-electron chi connectivity index (χ1n) is 6.73. The summed E-state index contributed by atoms with van der Waals surface area (Å²) in [6.45, 7) is 6.61. The molecular formula is C17H19NO2. The first kappa shape index (κ1) is 14.3. The van der Waals surface area contributed by atoms with E-state index in [1.807, 2.05) is 12.1 Å². The predicted octanol–water partition coefficient (Wildman–Crippen LogP) is 4.13. The molecule has 3 heteroatoms. The molecule has 20 heavy (non-hydrogen) atoms. The lowest BCUT2D eigenvalue weighted by molar-refractivity contribution is 0.0696. The van der Waals surface area contributed by atoms with E-state index >= 15 is 0 Å². The molecular weight excluding hydrogens is 250 g/mol. The summed E-state index contributed by atoms with van der Waals surface area (Å²) < 4.78 is 0. The van der Waals surface area contributed by atoms with Gasteiger partial charge in [-0.15, -0.1) is 0 Å². The highest BCUT2D eigenvalue weighted by atomic mass is 16.4. The largest absolute Gasteiger partial charge is 0.478 e. The van der Waals surface area contributed by atoms with Crippen molar-refractivity contribution >= 4 is 5.97 Å². The predicted molar refractivity (Wildman–Crippen MR) is 79.9 cm³/mol. The zero-order valence-corrected chi connectivity index (χ0v) is 12.1. The first-order valence-corrected chi connectivity index (χ1v) is 6.73. The van der Waals surface area contributed by atoms with Crippen molar-refractivity contribution in [3.05, 3.63) is 53.9 Å². The van der Waals surface area contributed by atoms with Gasteiger partial charge < -0.3 is 5.11 Å². The van der Waals surface area contributed by atoms with Gasteiger partial charge in [0.05, 0.1) is 5.56 Å². The molecule has 0 saturated heterocycles. The molecule has 1 N–H and O–H groups in total. The van der Waals surface area contributed by atoms with E-state index in [0.29, 0.717) is 0 Å². The fourth-order valence-electron chi connectivity index (χ4n) is 2.03. The van der Waals surface area contributed by atoms with E-state index in [-0.39, 0.29) is 11.0 Å². The second-order valence-electron chi connectivity index (χ2n) is 5.58. The second-order valence-corrected chi connectivity index (χ2v) is 5.58. The molecule has 1 heterocycles. The fourth-order valence-corrected chi connectivity index (χ4v) is 2.03. The smallest absolute Gasteiger partial charge is 0.337 e. The molecule has 2 rings (SSSR count). The van der Waals surface area contributed by atoms with Crippen LogP contribution in [0.2, 0.25) is 0 Å². The minimum absolute atomic E-state index is 0.152. The van der Waals surface area contributed by atoms with Crippen LogP contribution < -0.4 is 0 Å². The molecule has 0 fully saturated rings. The highest BCUT2D eigenvalue weighted by Crippen LogP contribution is 2.29. The van der Waals surface area contributed by atoms with Crippen LogP contribution in [-0.2, 0) is 5.41 Å². The Morgan fingerprint density at radius 1 is 1.15 bits per heavy atom. The number of carboxylic acids is 1. The minimum atomic E-state index is -0.955. The van der Waals surface area contributed by atoms with Crippen LogP contribution in [0.5, 0.6) is 0 Å². The standard InChI is InChI=1S/C17H19NO2/c1-4-17(2,3)15-7-5-12(6-8-15)13-9-14(16(19)20)11-18-10-13/h5-11H,4H2,1-3H3,(H,19,20). The van der Waals surface area contributed by atoms with Gasteiger partial charge in [-0.2, -0.15) is 0 Å². The van der Waals surface area contributed by atoms with Crippen LogP contribution in [0.1, 0.15) is 43.1 Å². The Balaban J connectivity index is 2.35. The molecule has 0 aliphatic rings. The lowest BCUT2D eigenvalue weighted by Gasteiger charge is -2.23. The van der Waals surface area contributed by atoms with Crippen LogP contribution in [0.15, 0.2) is 42.7 Å². The molecule has 0 radical (unpaired) electrons. The van der Waals surface area contributed by atoms with Gasteiger partial charge >= 0.3 is 5.97 Å². The molecule has 0 amide bonds. The lowest BCUT2D eigenvalue weighted by Crippen LogP contribution is -2.14. The molecule has 0 bridgehead atoms. The van der Waals surface area contributed by atoms with Gasteiger partial charge in [0, 0.05) is 18.0 Å². The maximum absolute atomic E-state index is 11.0. The average Bonchev–Trinajstić information content (AvgIpc) is 2.47. The van der Waals surface area contributed by atoms with Crippen LogP contribution in [-0.4, -0.2) is 16.1 Å². The molecule has 0 aliphatic heterocycles. The third-order valence-electron chi connectivity index (χ3n) is 3.87. The second kappa shape index (κ2) is 5.45. The Bertz CT molecular complexity index is 615. The van der Waals surface area contributed by atoms with Gasteiger partial charge in [-0.05, 0) is 29.0 Å². The third kappa shape index (κ3) is 2.87. The highest BCUT2D eigenvalue weighted by molar-refractivity contribution is 5.88. The Labute approximate surface area is 119 Å². The van der Waals surface area contributed by atoms with E-state index in [4.69, 9.17) is 5.11 Å². The van der Waals surface area contributed by atoms with Gasteiger partial charge in [0.2, 0.25) is 0 Å². The summed E-state index contributed by atoms with van der Waals surface area (Å²) in [6, 6.07) is 9.90. The Kier molecular flexibility index (Phi) is 3.89. The van der Waals surface area contributed by atoms with E-state index in [0.717, 1.165) is 17.5 Å². The summed E-state index contributed by atoms with van der Waals surface area (Å²) in [6.07, 6.45) is 4.12. The summed E-state index contributed by atoms with van der Waals surface area (Å²) in [5, 5.41) is 9.00. The number of pyridine rings is 1. The number of aromatic nitrogens is 1. The van der Waals surface area contributed by atoms with Crippen molar-refractivity contribution in [1.82, 2.24) is 4.98 Å². The van der Waals surface area contributed by atoms with Crippen LogP contribution in [0, 0.1) is 0 Å². The van der Waals surface area contributed by atoms with E-state index in [2.05, 4.69) is 37.9 Å². The van der Waals surface area contributed by atoms with E-state index in [1.54, 1.807) is 12.3 Å². The number of rotatable bonds is 4. The number of hydrogen-bond acceptors (Lipinski definition) is 2. The zero-order valence-electron chi connectivity index (χ0n) is 12.1. The molecule has 0 unspecified atom stereocenters. The number of nitrogens with zero attached hydrogens (tertiary/aromatic N) is 1. The molecule has 2 aromatic rings. The van der Waals surface area contributed by atoms with Crippen molar-refractivity contribution in [2.24, 2.45) is 0 Å². The van der Waals surface area contributed by atoms with Crippen LogP contribution in [0.3, 0.4) is 0 Å². The van der Waals surface area contributed by atoms with Gasteiger partial charge in [-0.3, -0.25) is 4.98 Å². The Hall–Kier alpha value is -2.16. The van der Waals surface area contributed by atoms with Gasteiger partial charge in [-0.1, -0.05) is 45.0 Å². The quantitative estimate of drug-likeness (QED) is 0.907. The Morgan fingerprint density at radius 3 is 2.35 bits per heavy atom. The number of aromatic carboxylic acids is 1. The zero-order chi connectivity index (χ0) is 14.8. The van der Waals surface area contributed by atoms with Gasteiger partial charge in [0.1, 0.15) is 0 Å². The monoisotopic (exact) mass is 269 g/mol. The fraction of sp³-hybridized carbons (Fsp3) is 0.294. The molecule has 0 spiro atoms. The van der Waals surface area contributed by atoms with E-state index in [9.17, 15) is 4.79 Å². The third-order valence-corrected chi connectivity index (χ3v) is 3.87. The summed E-state index contributed by atoms with van der Waals surface area (Å²) >= 11 is 0. The van der Waals surface area contributed by atoms with Gasteiger partial charge in [0.25, 0.3) is 0 Å². The SMILES string of the molecule is CCC(C)(C)c1ccc(-c2cncc(C(=O)O)c2)cc1. The number of carboxylic acid groups (broad SMARTS) is 1. The maximum atomic E-state index is 11.0. The van der Waals surface area contributed by atoms with E-state index < -0.39 is 5.97 Å². The van der Waals surface area contributed by atoms with Crippen LogP contribution in [0.25, 0.3) is 11.1 Å². The van der Waals surface area contributed by atoms with Crippen LogP contribution >= 0.6 is 0 Å². The molecule has 0 saturated carbocycles. The van der Waals surface area contributed by atoms with Crippen molar-refractivity contribution in [2.75, 3.05) is 0 Å². The number of benzene rings is 1. The number of hydrogen-bond donors (Lipinski definition) is 1. The van der Waals surface area contributed by atoms with Crippen molar-refractivity contribution in [3.63, 3.8) is 0 Å². The average molecular weight is 269 g/mol. The summed E-state index contributed by atoms with van der Waals surface area (Å²) in [5.41, 5.74) is 3.45. The van der Waals surface area contributed by atoms with Crippen molar-refractivity contribution in [2.45, 2.75) is 32.6 Å². The summed E-state index contributed by atoms with van der Waals surface area (Å²) in [5.74, 6) is -0.955. The highest BCUT2D eigenvalue weighted by Gasteiger charge is 2.17. The summed E-state index contributed by atoms with van der Waals surface area (Å²) in [7, 11) is 0. The van der Waals surface area contributed by atoms with Crippen molar-refractivity contribution < 1.29 is 9.90 Å². The van der Waals surface area contributed by atoms with Crippen molar-refractivity contribution in [1.29, 1.82) is 0 Å².